The maximum atomic E-state index is 12.8. The topological polar surface area (TPSA) is 84.5 Å². The van der Waals surface area contributed by atoms with Gasteiger partial charge in [-0.15, -0.1) is 11.8 Å². The van der Waals surface area contributed by atoms with E-state index in [0.29, 0.717) is 36.4 Å². The van der Waals surface area contributed by atoms with E-state index in [1.165, 1.54) is 11.8 Å². The molecule has 0 saturated carbocycles. The summed E-state index contributed by atoms with van der Waals surface area (Å²) in [6, 6.07) is 23.7. The van der Waals surface area contributed by atoms with Gasteiger partial charge in [-0.2, -0.15) is 0 Å². The van der Waals surface area contributed by atoms with E-state index >= 15 is 0 Å². The van der Waals surface area contributed by atoms with Gasteiger partial charge in [-0.25, -0.2) is 4.79 Å². The van der Waals surface area contributed by atoms with Crippen molar-refractivity contribution < 1.29 is 19.1 Å². The molecule has 2 N–H and O–H groups in total. The van der Waals surface area contributed by atoms with Gasteiger partial charge in [0.15, 0.2) is 0 Å². The second-order valence-corrected chi connectivity index (χ2v) is 8.82. The van der Waals surface area contributed by atoms with Crippen LogP contribution < -0.4 is 10.6 Å². The van der Waals surface area contributed by atoms with Crippen LogP contribution >= 0.6 is 11.8 Å². The number of carbonyl (C=O) groups is 3. The first-order valence-electron chi connectivity index (χ1n) is 11.2. The molecule has 0 fully saturated rings. The van der Waals surface area contributed by atoms with Crippen molar-refractivity contribution >= 4 is 40.9 Å². The molecule has 1 unspecified atom stereocenters. The van der Waals surface area contributed by atoms with Gasteiger partial charge in [0.1, 0.15) is 0 Å². The van der Waals surface area contributed by atoms with Crippen LogP contribution in [0.15, 0.2) is 83.8 Å². The van der Waals surface area contributed by atoms with Gasteiger partial charge in [-0.3, -0.25) is 9.59 Å². The number of ether oxygens (including phenoxy) is 1. The molecule has 1 atom stereocenters. The molecule has 0 heterocycles. The molecule has 0 aromatic heterocycles. The average Bonchev–Trinajstić information content (AvgIpc) is 2.84. The zero-order valence-electron chi connectivity index (χ0n) is 19.2. The summed E-state index contributed by atoms with van der Waals surface area (Å²) in [5.74, 6) is -0.614. The SMILES string of the molecule is CCOC(=O)c1ccc(NC(=O)C(CC)Sc2cccc(NC(=O)Cc3ccccc3)c2)cc1. The second kappa shape index (κ2) is 12.6. The van der Waals surface area contributed by atoms with Crippen molar-refractivity contribution in [3.05, 3.63) is 90.0 Å². The van der Waals surface area contributed by atoms with E-state index in [1.54, 1.807) is 31.2 Å². The van der Waals surface area contributed by atoms with E-state index < -0.39 is 5.97 Å². The van der Waals surface area contributed by atoms with Crippen LogP contribution in [0, 0.1) is 0 Å². The summed E-state index contributed by atoms with van der Waals surface area (Å²) in [5.41, 5.74) is 2.69. The molecule has 0 spiro atoms. The Morgan fingerprint density at radius 1 is 0.853 bits per heavy atom. The van der Waals surface area contributed by atoms with Crippen LogP contribution in [0.3, 0.4) is 0 Å². The van der Waals surface area contributed by atoms with Crippen LogP contribution in [0.25, 0.3) is 0 Å². The van der Waals surface area contributed by atoms with Gasteiger partial charge in [-0.1, -0.05) is 43.3 Å². The van der Waals surface area contributed by atoms with Crippen molar-refractivity contribution in [2.45, 2.75) is 36.8 Å². The fraction of sp³-hybridized carbons (Fsp3) is 0.222. The van der Waals surface area contributed by atoms with Crippen molar-refractivity contribution in [2.75, 3.05) is 17.2 Å². The standard InChI is InChI=1S/C27H28N2O4S/c1-3-24(26(31)29-21-15-13-20(14-16-21)27(32)33-4-2)34-23-12-8-11-22(18-23)28-25(30)17-19-9-6-5-7-10-19/h5-16,18,24H,3-4,17H2,1-2H3,(H,28,30)(H,29,31). The maximum Gasteiger partial charge on any atom is 0.338 e. The van der Waals surface area contributed by atoms with Crippen LogP contribution in [-0.4, -0.2) is 29.6 Å². The summed E-state index contributed by atoms with van der Waals surface area (Å²) in [6.45, 7) is 4.01. The molecule has 3 aromatic carbocycles. The van der Waals surface area contributed by atoms with Crippen LogP contribution in [0.4, 0.5) is 11.4 Å². The average molecular weight is 477 g/mol. The highest BCUT2D eigenvalue weighted by molar-refractivity contribution is 8.00. The zero-order valence-corrected chi connectivity index (χ0v) is 20.1. The molecule has 3 aromatic rings. The Kier molecular flexibility index (Phi) is 9.29. The summed E-state index contributed by atoms with van der Waals surface area (Å²) < 4.78 is 4.98. The number of nitrogens with one attached hydrogen (secondary N) is 2. The number of hydrogen-bond acceptors (Lipinski definition) is 5. The first-order valence-corrected chi connectivity index (χ1v) is 12.0. The number of benzene rings is 3. The number of rotatable bonds is 10. The lowest BCUT2D eigenvalue weighted by atomic mass is 10.1. The van der Waals surface area contributed by atoms with E-state index in [9.17, 15) is 14.4 Å². The molecule has 6 nitrogen and oxygen atoms in total. The molecule has 0 radical (unpaired) electrons. The third kappa shape index (κ3) is 7.49. The summed E-state index contributed by atoms with van der Waals surface area (Å²) in [6.07, 6.45) is 0.926. The van der Waals surface area contributed by atoms with Crippen LogP contribution in [-0.2, 0) is 20.7 Å². The fourth-order valence-corrected chi connectivity index (χ4v) is 4.26. The monoisotopic (exact) mass is 476 g/mol. The molecular weight excluding hydrogens is 448 g/mol. The Morgan fingerprint density at radius 3 is 2.26 bits per heavy atom. The normalized spacial score (nSPS) is 11.4. The highest BCUT2D eigenvalue weighted by atomic mass is 32.2. The lowest BCUT2D eigenvalue weighted by molar-refractivity contribution is -0.116. The smallest absolute Gasteiger partial charge is 0.338 e. The Labute approximate surface area is 204 Å². The lowest BCUT2D eigenvalue weighted by Gasteiger charge is -2.16. The van der Waals surface area contributed by atoms with Gasteiger partial charge >= 0.3 is 5.97 Å². The molecule has 176 valence electrons. The zero-order chi connectivity index (χ0) is 24.3. The van der Waals surface area contributed by atoms with Gasteiger partial charge in [-0.05, 0) is 61.4 Å². The maximum absolute atomic E-state index is 12.8. The Morgan fingerprint density at radius 2 is 1.59 bits per heavy atom. The van der Waals surface area contributed by atoms with Crippen molar-refractivity contribution in [1.29, 1.82) is 0 Å². The molecule has 2 amide bonds. The van der Waals surface area contributed by atoms with Crippen molar-refractivity contribution in [2.24, 2.45) is 0 Å². The molecule has 0 aliphatic rings. The minimum absolute atomic E-state index is 0.0931. The largest absolute Gasteiger partial charge is 0.462 e. The fourth-order valence-electron chi connectivity index (χ4n) is 3.25. The minimum atomic E-state index is -0.391. The van der Waals surface area contributed by atoms with Crippen LogP contribution in [0.5, 0.6) is 0 Å². The molecule has 0 bridgehead atoms. The molecule has 0 saturated heterocycles. The first kappa shape index (κ1) is 25.1. The van der Waals surface area contributed by atoms with E-state index in [4.69, 9.17) is 4.74 Å². The predicted molar refractivity (Wildman–Crippen MR) is 136 cm³/mol. The third-order valence-electron chi connectivity index (χ3n) is 4.93. The highest BCUT2D eigenvalue weighted by Gasteiger charge is 2.19. The number of anilines is 2. The number of carbonyl (C=O) groups excluding carboxylic acids is 3. The van der Waals surface area contributed by atoms with Gasteiger partial charge in [0.05, 0.1) is 23.8 Å². The summed E-state index contributed by atoms with van der Waals surface area (Å²) >= 11 is 1.44. The predicted octanol–water partition coefficient (Wildman–Crippen LogP) is 5.55. The molecule has 7 heteroatoms. The van der Waals surface area contributed by atoms with Gasteiger partial charge < -0.3 is 15.4 Å². The van der Waals surface area contributed by atoms with Gasteiger partial charge in [0, 0.05) is 16.3 Å². The van der Waals surface area contributed by atoms with Crippen LogP contribution in [0.2, 0.25) is 0 Å². The Hall–Kier alpha value is -3.58. The summed E-state index contributed by atoms with van der Waals surface area (Å²) in [4.78, 5) is 37.9. The Balaban J connectivity index is 1.58. The molecule has 0 aliphatic heterocycles. The van der Waals surface area contributed by atoms with E-state index in [-0.39, 0.29) is 17.1 Å². The van der Waals surface area contributed by atoms with Gasteiger partial charge in [0.25, 0.3) is 0 Å². The lowest BCUT2D eigenvalue weighted by Crippen LogP contribution is -2.24. The van der Waals surface area contributed by atoms with Crippen molar-refractivity contribution in [1.82, 2.24) is 0 Å². The number of hydrogen-bond donors (Lipinski definition) is 2. The van der Waals surface area contributed by atoms with Crippen molar-refractivity contribution in [3.8, 4) is 0 Å². The summed E-state index contributed by atoms with van der Waals surface area (Å²) in [7, 11) is 0. The molecule has 0 aliphatic carbocycles. The number of thioether (sulfide) groups is 1. The van der Waals surface area contributed by atoms with Crippen LogP contribution in [0.1, 0.15) is 36.2 Å². The molecular formula is C27H28N2O4S. The third-order valence-corrected chi connectivity index (χ3v) is 6.29. The minimum Gasteiger partial charge on any atom is -0.462 e. The van der Waals surface area contributed by atoms with Gasteiger partial charge in [0.2, 0.25) is 11.8 Å². The molecule has 34 heavy (non-hydrogen) atoms. The Bertz CT molecular complexity index is 1120. The van der Waals surface area contributed by atoms with E-state index in [1.807, 2.05) is 61.5 Å². The van der Waals surface area contributed by atoms with Crippen molar-refractivity contribution in [3.63, 3.8) is 0 Å². The molecule has 3 rings (SSSR count). The highest BCUT2D eigenvalue weighted by Crippen LogP contribution is 2.28. The number of esters is 1. The second-order valence-electron chi connectivity index (χ2n) is 7.54. The number of amides is 2. The van der Waals surface area contributed by atoms with E-state index in [2.05, 4.69) is 10.6 Å². The quantitative estimate of drug-likeness (QED) is 0.296. The summed E-state index contributed by atoms with van der Waals surface area (Å²) in [5, 5.41) is 5.51. The first-order chi connectivity index (χ1) is 16.5. The van der Waals surface area contributed by atoms with E-state index in [0.717, 1.165) is 10.5 Å².